The SMILES string of the molecule is CC(C)(C)[Si](C)(C)OCc1c(Br)cc(F)cc1Br. The van der Waals surface area contributed by atoms with E-state index in [-0.39, 0.29) is 10.9 Å². The molecule has 0 aliphatic heterocycles. The second-order valence-corrected chi connectivity index (χ2v) is 12.4. The molecular formula is C13H19Br2FOSi. The zero-order valence-corrected chi connectivity index (χ0v) is 15.6. The predicted octanol–water partition coefficient (Wildman–Crippen LogP) is 5.87. The summed E-state index contributed by atoms with van der Waals surface area (Å²) in [6, 6.07) is 2.93. The van der Waals surface area contributed by atoms with E-state index in [1.165, 1.54) is 12.1 Å². The third kappa shape index (κ3) is 3.89. The van der Waals surface area contributed by atoms with E-state index in [4.69, 9.17) is 4.43 Å². The summed E-state index contributed by atoms with van der Waals surface area (Å²) < 4.78 is 20.8. The van der Waals surface area contributed by atoms with Crippen molar-refractivity contribution in [2.24, 2.45) is 0 Å². The van der Waals surface area contributed by atoms with Crippen molar-refractivity contribution in [3.63, 3.8) is 0 Å². The monoisotopic (exact) mass is 396 g/mol. The molecule has 0 saturated heterocycles. The summed E-state index contributed by atoms with van der Waals surface area (Å²) in [5, 5.41) is 0.173. The highest BCUT2D eigenvalue weighted by Gasteiger charge is 2.37. The molecule has 0 heterocycles. The molecule has 102 valence electrons. The van der Waals surface area contributed by atoms with Gasteiger partial charge in [0.25, 0.3) is 0 Å². The van der Waals surface area contributed by atoms with Crippen LogP contribution in [-0.4, -0.2) is 8.32 Å². The maximum atomic E-state index is 13.2. The van der Waals surface area contributed by atoms with Gasteiger partial charge >= 0.3 is 0 Å². The lowest BCUT2D eigenvalue weighted by molar-refractivity contribution is 0.275. The highest BCUT2D eigenvalue weighted by atomic mass is 79.9. The van der Waals surface area contributed by atoms with E-state index >= 15 is 0 Å². The Hall–Kier alpha value is 0.287. The Morgan fingerprint density at radius 1 is 1.17 bits per heavy atom. The molecule has 18 heavy (non-hydrogen) atoms. The van der Waals surface area contributed by atoms with E-state index in [1.54, 1.807) is 0 Å². The summed E-state index contributed by atoms with van der Waals surface area (Å²) in [4.78, 5) is 0. The van der Waals surface area contributed by atoms with Crippen LogP contribution in [0.2, 0.25) is 18.1 Å². The van der Waals surface area contributed by atoms with Gasteiger partial charge in [0.15, 0.2) is 8.32 Å². The van der Waals surface area contributed by atoms with Gasteiger partial charge in [-0.2, -0.15) is 0 Å². The molecule has 0 bridgehead atoms. The molecule has 5 heteroatoms. The van der Waals surface area contributed by atoms with Crippen LogP contribution in [0.5, 0.6) is 0 Å². The van der Waals surface area contributed by atoms with E-state index < -0.39 is 8.32 Å². The van der Waals surface area contributed by atoms with Crippen molar-refractivity contribution in [3.05, 3.63) is 32.5 Å². The van der Waals surface area contributed by atoms with Crippen molar-refractivity contribution in [3.8, 4) is 0 Å². The summed E-state index contributed by atoms with van der Waals surface area (Å²) >= 11 is 6.76. The smallest absolute Gasteiger partial charge is 0.192 e. The lowest BCUT2D eigenvalue weighted by Crippen LogP contribution is -2.40. The quantitative estimate of drug-likeness (QED) is 0.579. The van der Waals surface area contributed by atoms with Gasteiger partial charge in [-0.05, 0) is 30.3 Å². The molecule has 0 radical (unpaired) electrons. The van der Waals surface area contributed by atoms with Gasteiger partial charge in [0.05, 0.1) is 6.61 Å². The minimum absolute atomic E-state index is 0.173. The molecule has 0 aromatic heterocycles. The molecule has 0 fully saturated rings. The molecule has 1 aromatic carbocycles. The molecule has 1 nitrogen and oxygen atoms in total. The van der Waals surface area contributed by atoms with Crippen LogP contribution < -0.4 is 0 Å². The van der Waals surface area contributed by atoms with Crippen LogP contribution in [0.15, 0.2) is 21.1 Å². The molecule has 0 aliphatic carbocycles. The fourth-order valence-corrected chi connectivity index (χ4v) is 3.48. The largest absolute Gasteiger partial charge is 0.412 e. The van der Waals surface area contributed by atoms with E-state index in [1.807, 2.05) is 0 Å². The van der Waals surface area contributed by atoms with Crippen LogP contribution in [0.4, 0.5) is 4.39 Å². The molecule has 0 atom stereocenters. The maximum Gasteiger partial charge on any atom is 0.192 e. The minimum Gasteiger partial charge on any atom is -0.412 e. The molecule has 1 rings (SSSR count). The lowest BCUT2D eigenvalue weighted by atomic mass is 10.2. The Morgan fingerprint density at radius 2 is 1.61 bits per heavy atom. The standard InChI is InChI=1S/C13H19Br2FOSi/c1-13(2,3)18(4,5)17-8-10-11(14)6-9(16)7-12(10)15/h6-7H,8H2,1-5H3. The average molecular weight is 398 g/mol. The van der Waals surface area contributed by atoms with E-state index in [9.17, 15) is 4.39 Å². The van der Waals surface area contributed by atoms with Crippen molar-refractivity contribution in [1.82, 2.24) is 0 Å². The molecule has 1 aromatic rings. The fraction of sp³-hybridized carbons (Fsp3) is 0.538. The van der Waals surface area contributed by atoms with Crippen LogP contribution in [0, 0.1) is 5.82 Å². The molecule has 0 spiro atoms. The normalized spacial score (nSPS) is 12.9. The summed E-state index contributed by atoms with van der Waals surface area (Å²) in [6.07, 6.45) is 0. The van der Waals surface area contributed by atoms with E-state index in [0.717, 1.165) is 14.5 Å². The van der Waals surface area contributed by atoms with Gasteiger partial charge in [-0.1, -0.05) is 52.6 Å². The summed E-state index contributed by atoms with van der Waals surface area (Å²) in [5.74, 6) is -0.259. The zero-order chi connectivity index (χ0) is 14.1. The number of benzene rings is 1. The summed E-state index contributed by atoms with van der Waals surface area (Å²) in [6.45, 7) is 11.5. The maximum absolute atomic E-state index is 13.2. The number of halogens is 3. The highest BCUT2D eigenvalue weighted by Crippen LogP contribution is 2.38. The van der Waals surface area contributed by atoms with Crippen LogP contribution in [0.3, 0.4) is 0 Å². The zero-order valence-electron chi connectivity index (χ0n) is 11.4. The number of hydrogen-bond donors (Lipinski definition) is 0. The van der Waals surface area contributed by atoms with Crippen molar-refractivity contribution in [2.45, 2.75) is 45.5 Å². The van der Waals surface area contributed by atoms with E-state index in [0.29, 0.717) is 6.61 Å². The first-order valence-electron chi connectivity index (χ1n) is 5.82. The molecule has 0 unspecified atom stereocenters. The first-order valence-corrected chi connectivity index (χ1v) is 10.3. The van der Waals surface area contributed by atoms with Crippen LogP contribution in [-0.2, 0) is 11.0 Å². The van der Waals surface area contributed by atoms with Gasteiger partial charge in [-0.15, -0.1) is 0 Å². The van der Waals surface area contributed by atoms with Gasteiger partial charge in [0.1, 0.15) is 5.82 Å². The first-order chi connectivity index (χ1) is 8.04. The summed E-state index contributed by atoms with van der Waals surface area (Å²) in [5.41, 5.74) is 0.959. The van der Waals surface area contributed by atoms with Crippen molar-refractivity contribution < 1.29 is 8.82 Å². The lowest BCUT2D eigenvalue weighted by Gasteiger charge is -2.36. The van der Waals surface area contributed by atoms with Gasteiger partial charge in [0.2, 0.25) is 0 Å². The van der Waals surface area contributed by atoms with Gasteiger partial charge in [-0.3, -0.25) is 0 Å². The van der Waals surface area contributed by atoms with Crippen LogP contribution in [0.1, 0.15) is 26.3 Å². The average Bonchev–Trinajstić information content (AvgIpc) is 2.13. The van der Waals surface area contributed by atoms with Gasteiger partial charge in [0, 0.05) is 14.5 Å². The molecule has 0 saturated carbocycles. The highest BCUT2D eigenvalue weighted by molar-refractivity contribution is 9.11. The van der Waals surface area contributed by atoms with Crippen molar-refractivity contribution in [2.75, 3.05) is 0 Å². The topological polar surface area (TPSA) is 9.23 Å². The number of hydrogen-bond acceptors (Lipinski definition) is 1. The van der Waals surface area contributed by atoms with E-state index in [2.05, 4.69) is 65.7 Å². The Balaban J connectivity index is 2.88. The van der Waals surface area contributed by atoms with Crippen LogP contribution >= 0.6 is 31.9 Å². The Bertz CT molecular complexity index is 418. The third-order valence-electron chi connectivity index (χ3n) is 3.49. The van der Waals surface area contributed by atoms with Gasteiger partial charge in [-0.25, -0.2) is 4.39 Å². The second-order valence-electron chi connectivity index (χ2n) is 5.90. The molecule has 0 aliphatic rings. The third-order valence-corrected chi connectivity index (χ3v) is 9.38. The summed E-state index contributed by atoms with van der Waals surface area (Å²) in [7, 11) is -1.78. The molecular weight excluding hydrogens is 379 g/mol. The van der Waals surface area contributed by atoms with Crippen molar-refractivity contribution >= 4 is 40.2 Å². The fourth-order valence-electron chi connectivity index (χ4n) is 1.18. The minimum atomic E-state index is -1.78. The molecule has 0 amide bonds. The number of rotatable bonds is 3. The predicted molar refractivity (Wildman–Crippen MR) is 83.8 cm³/mol. The molecule has 0 N–H and O–H groups in total. The Labute approximate surface area is 127 Å². The van der Waals surface area contributed by atoms with Crippen LogP contribution in [0.25, 0.3) is 0 Å². The Morgan fingerprint density at radius 3 is 2.00 bits per heavy atom. The Kier molecular flexibility index (Phi) is 5.20. The first kappa shape index (κ1) is 16.3. The van der Waals surface area contributed by atoms with Gasteiger partial charge < -0.3 is 4.43 Å². The second kappa shape index (κ2) is 5.73. The van der Waals surface area contributed by atoms with Crippen molar-refractivity contribution in [1.29, 1.82) is 0 Å².